The standard InChI is InChI=1S/C16H10Cl2F3NO4/c17-11-2-1-3-12(18)14(11)15(24)25-8-13(23)22-9-4-6-10(7-5-9)26-16(19,20)21/h1-7H,8H2,(H,22,23). The van der Waals surface area contributed by atoms with E-state index in [9.17, 15) is 22.8 Å². The van der Waals surface area contributed by atoms with Gasteiger partial charge in [0.1, 0.15) is 5.75 Å². The number of esters is 1. The van der Waals surface area contributed by atoms with Gasteiger partial charge in [-0.25, -0.2) is 4.79 Å². The van der Waals surface area contributed by atoms with Gasteiger partial charge in [0.15, 0.2) is 6.61 Å². The second-order valence-electron chi connectivity index (χ2n) is 4.79. The summed E-state index contributed by atoms with van der Waals surface area (Å²) in [7, 11) is 0. The summed E-state index contributed by atoms with van der Waals surface area (Å²) < 4.78 is 44.7. The fourth-order valence-electron chi connectivity index (χ4n) is 1.83. The fourth-order valence-corrected chi connectivity index (χ4v) is 2.38. The molecular formula is C16H10Cl2F3NO4. The van der Waals surface area contributed by atoms with Crippen molar-refractivity contribution in [2.45, 2.75) is 6.36 Å². The lowest BCUT2D eigenvalue weighted by Crippen LogP contribution is -2.21. The van der Waals surface area contributed by atoms with Gasteiger partial charge in [-0.1, -0.05) is 29.3 Å². The van der Waals surface area contributed by atoms with Crippen LogP contribution in [0.3, 0.4) is 0 Å². The topological polar surface area (TPSA) is 64.6 Å². The number of halogens is 5. The van der Waals surface area contributed by atoms with Crippen LogP contribution in [0.1, 0.15) is 10.4 Å². The van der Waals surface area contributed by atoms with E-state index in [0.717, 1.165) is 12.1 Å². The molecule has 0 unspecified atom stereocenters. The third kappa shape index (κ3) is 5.82. The van der Waals surface area contributed by atoms with Crippen molar-refractivity contribution >= 4 is 40.8 Å². The molecule has 0 heterocycles. The van der Waals surface area contributed by atoms with E-state index in [1.54, 1.807) is 6.07 Å². The summed E-state index contributed by atoms with van der Waals surface area (Å²) in [5.41, 5.74) is 0.119. The van der Waals surface area contributed by atoms with Crippen LogP contribution in [0.5, 0.6) is 5.75 Å². The van der Waals surface area contributed by atoms with Crippen molar-refractivity contribution < 1.29 is 32.2 Å². The van der Waals surface area contributed by atoms with Gasteiger partial charge in [0.05, 0.1) is 15.6 Å². The Morgan fingerprint density at radius 2 is 1.58 bits per heavy atom. The molecule has 0 aliphatic rings. The van der Waals surface area contributed by atoms with Crippen LogP contribution in [0.15, 0.2) is 42.5 Å². The monoisotopic (exact) mass is 407 g/mol. The van der Waals surface area contributed by atoms with Crippen LogP contribution in [0, 0.1) is 0 Å². The summed E-state index contributed by atoms with van der Waals surface area (Å²) in [5, 5.41) is 2.49. The lowest BCUT2D eigenvalue weighted by molar-refractivity contribution is -0.274. The summed E-state index contributed by atoms with van der Waals surface area (Å²) in [6, 6.07) is 8.87. The maximum absolute atomic E-state index is 12.1. The number of nitrogens with one attached hydrogen (secondary N) is 1. The molecule has 0 bridgehead atoms. The van der Waals surface area contributed by atoms with Crippen LogP contribution in [-0.4, -0.2) is 24.8 Å². The van der Waals surface area contributed by atoms with E-state index < -0.39 is 30.6 Å². The molecule has 1 N–H and O–H groups in total. The van der Waals surface area contributed by atoms with Gasteiger partial charge in [0.2, 0.25) is 0 Å². The Balaban J connectivity index is 1.90. The van der Waals surface area contributed by atoms with E-state index in [0.29, 0.717) is 0 Å². The average molecular weight is 408 g/mol. The van der Waals surface area contributed by atoms with Gasteiger partial charge >= 0.3 is 12.3 Å². The quantitative estimate of drug-likeness (QED) is 0.730. The van der Waals surface area contributed by atoms with Crippen LogP contribution in [0.25, 0.3) is 0 Å². The zero-order valence-corrected chi connectivity index (χ0v) is 14.3. The molecule has 0 spiro atoms. The van der Waals surface area contributed by atoms with Crippen molar-refractivity contribution in [3.05, 3.63) is 58.1 Å². The van der Waals surface area contributed by atoms with Gasteiger partial charge in [-0.2, -0.15) is 0 Å². The Kier molecular flexibility index (Phi) is 6.33. The molecule has 0 saturated carbocycles. The number of hydrogen-bond donors (Lipinski definition) is 1. The number of amides is 1. The van der Waals surface area contributed by atoms with E-state index in [2.05, 4.69) is 10.1 Å². The third-order valence-corrected chi connectivity index (χ3v) is 3.50. The molecule has 2 rings (SSSR count). The largest absolute Gasteiger partial charge is 0.573 e. The Labute approximate surface area is 155 Å². The lowest BCUT2D eigenvalue weighted by Gasteiger charge is -2.10. The van der Waals surface area contributed by atoms with E-state index in [1.807, 2.05) is 0 Å². The van der Waals surface area contributed by atoms with Gasteiger partial charge in [0.25, 0.3) is 5.91 Å². The number of carbonyl (C=O) groups is 2. The molecule has 10 heteroatoms. The maximum Gasteiger partial charge on any atom is 0.573 e. The highest BCUT2D eigenvalue weighted by Gasteiger charge is 2.31. The Morgan fingerprint density at radius 3 is 2.12 bits per heavy atom. The molecule has 26 heavy (non-hydrogen) atoms. The molecule has 138 valence electrons. The highest BCUT2D eigenvalue weighted by Crippen LogP contribution is 2.25. The Bertz CT molecular complexity index is 790. The summed E-state index contributed by atoms with van der Waals surface area (Å²) in [6.45, 7) is -0.638. The van der Waals surface area contributed by atoms with Crippen molar-refractivity contribution in [2.24, 2.45) is 0 Å². The van der Waals surface area contributed by atoms with Crippen molar-refractivity contribution in [1.82, 2.24) is 0 Å². The van der Waals surface area contributed by atoms with Crippen molar-refractivity contribution in [1.29, 1.82) is 0 Å². The van der Waals surface area contributed by atoms with Crippen molar-refractivity contribution in [3.63, 3.8) is 0 Å². The first kappa shape index (κ1) is 19.9. The zero-order valence-electron chi connectivity index (χ0n) is 12.8. The number of hydrogen-bond acceptors (Lipinski definition) is 4. The predicted molar refractivity (Wildman–Crippen MR) is 88.5 cm³/mol. The van der Waals surface area contributed by atoms with Crippen LogP contribution in [0.2, 0.25) is 10.0 Å². The van der Waals surface area contributed by atoms with Gasteiger partial charge in [-0.3, -0.25) is 4.79 Å². The number of carbonyl (C=O) groups excluding carboxylic acids is 2. The smallest absolute Gasteiger partial charge is 0.452 e. The molecule has 0 atom stereocenters. The minimum atomic E-state index is -4.81. The highest BCUT2D eigenvalue weighted by atomic mass is 35.5. The summed E-state index contributed by atoms with van der Waals surface area (Å²) in [6.07, 6.45) is -4.81. The van der Waals surface area contributed by atoms with E-state index >= 15 is 0 Å². The molecule has 0 aromatic heterocycles. The molecule has 0 saturated heterocycles. The van der Waals surface area contributed by atoms with E-state index in [-0.39, 0.29) is 21.3 Å². The fraction of sp³-hybridized carbons (Fsp3) is 0.125. The average Bonchev–Trinajstić information content (AvgIpc) is 2.53. The van der Waals surface area contributed by atoms with Crippen LogP contribution < -0.4 is 10.1 Å². The summed E-state index contributed by atoms with van der Waals surface area (Å²) in [4.78, 5) is 23.7. The summed E-state index contributed by atoms with van der Waals surface area (Å²) >= 11 is 11.7. The number of rotatable bonds is 5. The van der Waals surface area contributed by atoms with Crippen LogP contribution >= 0.6 is 23.2 Å². The number of alkyl halides is 3. The third-order valence-electron chi connectivity index (χ3n) is 2.87. The molecular weight excluding hydrogens is 398 g/mol. The first-order chi connectivity index (χ1) is 12.2. The molecule has 0 aliphatic heterocycles. The summed E-state index contributed by atoms with van der Waals surface area (Å²) in [5.74, 6) is -2.02. The van der Waals surface area contributed by atoms with Crippen molar-refractivity contribution in [3.8, 4) is 5.75 Å². The van der Waals surface area contributed by atoms with E-state index in [1.165, 1.54) is 24.3 Å². The normalized spacial score (nSPS) is 11.0. The van der Waals surface area contributed by atoms with Gasteiger partial charge in [-0.05, 0) is 36.4 Å². The number of benzene rings is 2. The lowest BCUT2D eigenvalue weighted by atomic mass is 10.2. The van der Waals surface area contributed by atoms with Gasteiger partial charge < -0.3 is 14.8 Å². The second-order valence-corrected chi connectivity index (χ2v) is 5.61. The van der Waals surface area contributed by atoms with Gasteiger partial charge in [0, 0.05) is 5.69 Å². The van der Waals surface area contributed by atoms with Crippen molar-refractivity contribution in [2.75, 3.05) is 11.9 Å². The molecule has 2 aromatic carbocycles. The maximum atomic E-state index is 12.1. The Morgan fingerprint density at radius 1 is 1.00 bits per heavy atom. The predicted octanol–water partition coefficient (Wildman–Crippen LogP) is 4.69. The Hall–Kier alpha value is -2.45. The minimum Gasteiger partial charge on any atom is -0.452 e. The molecule has 0 radical (unpaired) electrons. The van der Waals surface area contributed by atoms with Gasteiger partial charge in [-0.15, -0.1) is 13.2 Å². The second kappa shape index (κ2) is 8.29. The van der Waals surface area contributed by atoms with Crippen LogP contribution in [-0.2, 0) is 9.53 Å². The molecule has 0 aliphatic carbocycles. The highest BCUT2D eigenvalue weighted by molar-refractivity contribution is 6.39. The SMILES string of the molecule is O=C(COC(=O)c1c(Cl)cccc1Cl)Nc1ccc(OC(F)(F)F)cc1. The van der Waals surface area contributed by atoms with Crippen LogP contribution in [0.4, 0.5) is 18.9 Å². The first-order valence-corrected chi connectivity index (χ1v) is 7.68. The first-order valence-electron chi connectivity index (χ1n) is 6.92. The molecule has 5 nitrogen and oxygen atoms in total. The molecule has 2 aromatic rings. The minimum absolute atomic E-state index is 0.0720. The number of ether oxygens (including phenoxy) is 2. The molecule has 1 amide bonds. The number of anilines is 1. The molecule has 0 fully saturated rings. The zero-order chi connectivity index (χ0) is 19.3. The van der Waals surface area contributed by atoms with E-state index in [4.69, 9.17) is 27.9 Å².